The number of aromatic nitrogens is 1. The van der Waals surface area contributed by atoms with Gasteiger partial charge in [0.15, 0.2) is 5.13 Å². The standard InChI is InChI=1S/C13H22N4O2S/c1-4-17(3)13-16-11(14)10(20-13)12(18)15-8(2)9-6-5-7-19-9/h8-9H,4-7,14H2,1-3H3,(H,15,18). The zero-order valence-corrected chi connectivity index (χ0v) is 13.0. The lowest BCUT2D eigenvalue weighted by atomic mass is 10.1. The second-order valence-corrected chi connectivity index (χ2v) is 6.02. The lowest BCUT2D eigenvalue weighted by Crippen LogP contribution is -2.40. The first-order valence-electron chi connectivity index (χ1n) is 6.92. The molecule has 0 spiro atoms. The molecule has 2 atom stereocenters. The zero-order valence-electron chi connectivity index (χ0n) is 12.2. The van der Waals surface area contributed by atoms with Gasteiger partial charge in [0.1, 0.15) is 10.7 Å². The highest BCUT2D eigenvalue weighted by molar-refractivity contribution is 7.18. The Balaban J connectivity index is 2.03. The van der Waals surface area contributed by atoms with E-state index in [1.54, 1.807) is 0 Å². The minimum absolute atomic E-state index is 0.0149. The Hall–Kier alpha value is -1.34. The average Bonchev–Trinajstić information content (AvgIpc) is 3.06. The number of amides is 1. The molecule has 0 aromatic carbocycles. The summed E-state index contributed by atoms with van der Waals surface area (Å²) in [5.74, 6) is 0.126. The number of carbonyl (C=O) groups is 1. The highest BCUT2D eigenvalue weighted by Gasteiger charge is 2.26. The molecule has 0 saturated carbocycles. The number of hydrogen-bond acceptors (Lipinski definition) is 6. The molecule has 7 heteroatoms. The maximum absolute atomic E-state index is 12.3. The Morgan fingerprint density at radius 1 is 1.70 bits per heavy atom. The van der Waals surface area contributed by atoms with Crippen LogP contribution in [0.5, 0.6) is 0 Å². The summed E-state index contributed by atoms with van der Waals surface area (Å²) >= 11 is 1.32. The number of carbonyl (C=O) groups excluding carboxylic acids is 1. The number of nitrogens with zero attached hydrogens (tertiary/aromatic N) is 2. The van der Waals surface area contributed by atoms with E-state index < -0.39 is 0 Å². The van der Waals surface area contributed by atoms with Crippen molar-refractivity contribution in [2.24, 2.45) is 0 Å². The van der Waals surface area contributed by atoms with Crippen molar-refractivity contribution in [3.8, 4) is 0 Å². The second-order valence-electron chi connectivity index (χ2n) is 5.04. The van der Waals surface area contributed by atoms with Gasteiger partial charge in [0.05, 0.1) is 12.1 Å². The van der Waals surface area contributed by atoms with Crippen molar-refractivity contribution in [1.82, 2.24) is 10.3 Å². The molecule has 0 aliphatic carbocycles. The largest absolute Gasteiger partial charge is 0.382 e. The number of nitrogen functional groups attached to an aromatic ring is 1. The quantitative estimate of drug-likeness (QED) is 0.860. The van der Waals surface area contributed by atoms with Gasteiger partial charge in [-0.15, -0.1) is 0 Å². The van der Waals surface area contributed by atoms with E-state index in [1.807, 2.05) is 25.8 Å². The first kappa shape index (κ1) is 15.1. The molecule has 3 N–H and O–H groups in total. The molecule has 2 unspecified atom stereocenters. The molecule has 1 aliphatic rings. The van der Waals surface area contributed by atoms with E-state index in [9.17, 15) is 4.79 Å². The summed E-state index contributed by atoms with van der Waals surface area (Å²) in [6.45, 7) is 5.58. The Morgan fingerprint density at radius 2 is 2.45 bits per heavy atom. The summed E-state index contributed by atoms with van der Waals surface area (Å²) in [4.78, 5) is 18.9. The number of hydrogen-bond donors (Lipinski definition) is 2. The minimum Gasteiger partial charge on any atom is -0.382 e. The fraction of sp³-hybridized carbons (Fsp3) is 0.692. The van der Waals surface area contributed by atoms with Crippen LogP contribution in [0.3, 0.4) is 0 Å². The first-order chi connectivity index (χ1) is 9.52. The average molecular weight is 298 g/mol. The number of nitrogens with two attached hydrogens (primary N) is 1. The molecule has 20 heavy (non-hydrogen) atoms. The third-order valence-corrected chi connectivity index (χ3v) is 4.71. The molecule has 0 radical (unpaired) electrons. The van der Waals surface area contributed by atoms with Gasteiger partial charge in [-0.3, -0.25) is 4.79 Å². The maximum Gasteiger partial charge on any atom is 0.265 e. The molecule has 2 rings (SSSR count). The van der Waals surface area contributed by atoms with Crippen LogP contribution >= 0.6 is 11.3 Å². The van der Waals surface area contributed by atoms with Gasteiger partial charge in [0.25, 0.3) is 5.91 Å². The fourth-order valence-electron chi connectivity index (χ4n) is 2.14. The summed E-state index contributed by atoms with van der Waals surface area (Å²) in [6.07, 6.45) is 2.15. The van der Waals surface area contributed by atoms with Crippen molar-refractivity contribution >= 4 is 28.2 Å². The number of thiazole rings is 1. The molecule has 112 valence electrons. The normalized spacial score (nSPS) is 19.9. The van der Waals surface area contributed by atoms with Crippen LogP contribution in [0, 0.1) is 0 Å². The van der Waals surface area contributed by atoms with Crippen molar-refractivity contribution in [1.29, 1.82) is 0 Å². The molecule has 6 nitrogen and oxygen atoms in total. The third-order valence-electron chi connectivity index (χ3n) is 3.53. The highest BCUT2D eigenvalue weighted by atomic mass is 32.1. The first-order valence-corrected chi connectivity index (χ1v) is 7.74. The maximum atomic E-state index is 12.3. The van der Waals surface area contributed by atoms with E-state index >= 15 is 0 Å². The molecule has 0 bridgehead atoms. The van der Waals surface area contributed by atoms with Crippen molar-refractivity contribution in [2.75, 3.05) is 30.8 Å². The van der Waals surface area contributed by atoms with E-state index in [-0.39, 0.29) is 18.1 Å². The molecule has 1 fully saturated rings. The van der Waals surface area contributed by atoms with Crippen LogP contribution in [0.25, 0.3) is 0 Å². The van der Waals surface area contributed by atoms with E-state index in [4.69, 9.17) is 10.5 Å². The van der Waals surface area contributed by atoms with Crippen LogP contribution in [0.15, 0.2) is 0 Å². The van der Waals surface area contributed by atoms with Gasteiger partial charge in [0.2, 0.25) is 0 Å². The van der Waals surface area contributed by atoms with Crippen LogP contribution in [0.1, 0.15) is 36.4 Å². The van der Waals surface area contributed by atoms with E-state index in [0.29, 0.717) is 10.7 Å². The summed E-state index contributed by atoms with van der Waals surface area (Å²) < 4.78 is 5.58. The number of anilines is 2. The van der Waals surface area contributed by atoms with E-state index in [2.05, 4.69) is 10.3 Å². The molecule has 1 aromatic heterocycles. The lowest BCUT2D eigenvalue weighted by Gasteiger charge is -2.19. The summed E-state index contributed by atoms with van der Waals surface area (Å²) in [6, 6.07) is -0.0149. The van der Waals surface area contributed by atoms with Crippen molar-refractivity contribution in [2.45, 2.75) is 38.8 Å². The topological polar surface area (TPSA) is 80.5 Å². The highest BCUT2D eigenvalue weighted by Crippen LogP contribution is 2.27. The van der Waals surface area contributed by atoms with Crippen LogP contribution in [0.2, 0.25) is 0 Å². The molecule has 1 aliphatic heterocycles. The molecule has 2 heterocycles. The molecular formula is C13H22N4O2S. The van der Waals surface area contributed by atoms with Gasteiger partial charge in [-0.05, 0) is 26.7 Å². The predicted octanol–water partition coefficient (Wildman–Crippen LogP) is 1.48. The third kappa shape index (κ3) is 3.21. The zero-order chi connectivity index (χ0) is 14.7. The Morgan fingerprint density at radius 3 is 3.05 bits per heavy atom. The van der Waals surface area contributed by atoms with Gasteiger partial charge in [-0.2, -0.15) is 0 Å². The summed E-state index contributed by atoms with van der Waals surface area (Å²) in [5.41, 5.74) is 5.84. The van der Waals surface area contributed by atoms with Crippen molar-refractivity contribution in [3.05, 3.63) is 4.88 Å². The minimum atomic E-state index is -0.168. The van der Waals surface area contributed by atoms with E-state index in [0.717, 1.165) is 31.1 Å². The van der Waals surface area contributed by atoms with Gasteiger partial charge in [-0.25, -0.2) is 4.98 Å². The Kier molecular flexibility index (Phi) is 4.82. The van der Waals surface area contributed by atoms with Crippen LogP contribution in [-0.4, -0.2) is 43.2 Å². The molecule has 1 aromatic rings. The van der Waals surface area contributed by atoms with Crippen LogP contribution in [0.4, 0.5) is 10.9 Å². The molecule has 1 amide bonds. The van der Waals surface area contributed by atoms with Crippen molar-refractivity contribution < 1.29 is 9.53 Å². The van der Waals surface area contributed by atoms with Gasteiger partial charge in [0, 0.05) is 20.2 Å². The monoisotopic (exact) mass is 298 g/mol. The lowest BCUT2D eigenvalue weighted by molar-refractivity contribution is 0.0715. The Bertz CT molecular complexity index is 471. The SMILES string of the molecule is CCN(C)c1nc(N)c(C(=O)NC(C)C2CCCO2)s1. The van der Waals surface area contributed by atoms with Gasteiger partial charge >= 0.3 is 0 Å². The van der Waals surface area contributed by atoms with Gasteiger partial charge in [-0.1, -0.05) is 11.3 Å². The van der Waals surface area contributed by atoms with Crippen LogP contribution < -0.4 is 16.0 Å². The molecule has 1 saturated heterocycles. The van der Waals surface area contributed by atoms with E-state index in [1.165, 1.54) is 11.3 Å². The molecular weight excluding hydrogens is 276 g/mol. The predicted molar refractivity (Wildman–Crippen MR) is 81.4 cm³/mol. The number of nitrogens with one attached hydrogen (secondary N) is 1. The number of rotatable bonds is 5. The number of ether oxygens (including phenoxy) is 1. The second kappa shape index (κ2) is 6.41. The fourth-order valence-corrected chi connectivity index (χ4v) is 3.06. The Labute approximate surface area is 123 Å². The smallest absolute Gasteiger partial charge is 0.265 e. The summed E-state index contributed by atoms with van der Waals surface area (Å²) in [5, 5.41) is 3.72. The van der Waals surface area contributed by atoms with Crippen molar-refractivity contribution in [3.63, 3.8) is 0 Å². The summed E-state index contributed by atoms with van der Waals surface area (Å²) in [7, 11) is 1.93. The van der Waals surface area contributed by atoms with Gasteiger partial charge < -0.3 is 20.7 Å². The van der Waals surface area contributed by atoms with Crippen LogP contribution in [-0.2, 0) is 4.74 Å².